The number of nitrogens with zero attached hydrogens (tertiary/aromatic N) is 2. The van der Waals surface area contributed by atoms with Crippen LogP contribution in [0.4, 0.5) is 4.39 Å². The van der Waals surface area contributed by atoms with E-state index in [1.165, 1.54) is 12.1 Å². The molecule has 0 bridgehead atoms. The summed E-state index contributed by atoms with van der Waals surface area (Å²) in [4.78, 5) is 24.7. The molecule has 0 spiro atoms. The number of carbonyl (C=O) groups is 2. The van der Waals surface area contributed by atoms with Crippen LogP contribution in [0, 0.1) is 5.82 Å². The summed E-state index contributed by atoms with van der Waals surface area (Å²) in [7, 11) is 1.87. The van der Waals surface area contributed by atoms with Crippen LogP contribution in [0.25, 0.3) is 0 Å². The van der Waals surface area contributed by atoms with Crippen molar-refractivity contribution in [1.29, 1.82) is 0 Å². The Morgan fingerprint density at radius 3 is 2.84 bits per heavy atom. The number of amides is 1. The van der Waals surface area contributed by atoms with Gasteiger partial charge in [0.15, 0.2) is 0 Å². The number of ether oxygens (including phenoxy) is 1. The molecule has 9 heteroatoms. The number of hydrogen-bond acceptors (Lipinski definition) is 5. The van der Waals surface area contributed by atoms with Gasteiger partial charge < -0.3 is 24.7 Å². The second kappa shape index (κ2) is 11.0. The van der Waals surface area contributed by atoms with E-state index in [1.807, 2.05) is 11.9 Å². The highest BCUT2D eigenvalue weighted by Crippen LogP contribution is 2.21. The third kappa shape index (κ3) is 6.58. The van der Waals surface area contributed by atoms with Gasteiger partial charge in [-0.05, 0) is 25.2 Å². The Kier molecular flexibility index (Phi) is 9.36. The van der Waals surface area contributed by atoms with Gasteiger partial charge in [-0.2, -0.15) is 0 Å². The van der Waals surface area contributed by atoms with Crippen molar-refractivity contribution in [3.8, 4) is 0 Å². The minimum absolute atomic E-state index is 0.0574. The maximum atomic E-state index is 13.1. The van der Waals surface area contributed by atoms with E-state index in [2.05, 4.69) is 0 Å². The molecule has 1 heterocycles. The maximum Gasteiger partial charge on any atom is 0.290 e. The number of rotatable bonds is 5. The van der Waals surface area contributed by atoms with Crippen LogP contribution in [0.15, 0.2) is 18.2 Å². The van der Waals surface area contributed by atoms with Crippen LogP contribution < -0.4 is 0 Å². The number of benzene rings is 1. The predicted octanol–water partition coefficient (Wildman–Crippen LogP) is 0.945. The Morgan fingerprint density at radius 2 is 2.24 bits per heavy atom. The molecule has 1 aromatic rings. The molecule has 0 aromatic heterocycles. The molecule has 1 aliphatic heterocycles. The number of morpholine rings is 1. The van der Waals surface area contributed by atoms with Gasteiger partial charge in [0.25, 0.3) is 12.4 Å². The van der Waals surface area contributed by atoms with Crippen molar-refractivity contribution in [2.45, 2.75) is 6.04 Å². The lowest BCUT2D eigenvalue weighted by atomic mass is 10.1. The zero-order chi connectivity index (χ0) is 18.8. The first-order chi connectivity index (χ1) is 11.9. The summed E-state index contributed by atoms with van der Waals surface area (Å²) < 4.78 is 18.6. The summed E-state index contributed by atoms with van der Waals surface area (Å²) >= 11 is 5.98. The monoisotopic (exact) mass is 376 g/mol. The molecule has 1 atom stereocenters. The van der Waals surface area contributed by atoms with Crippen LogP contribution in [-0.2, 0) is 9.53 Å². The average molecular weight is 377 g/mol. The Bertz CT molecular complexity index is 575. The molecule has 25 heavy (non-hydrogen) atoms. The molecule has 1 amide bonds. The minimum atomic E-state index is -0.470. The van der Waals surface area contributed by atoms with Crippen LogP contribution >= 0.6 is 11.6 Å². The zero-order valence-electron chi connectivity index (χ0n) is 13.9. The molecule has 140 valence electrons. The van der Waals surface area contributed by atoms with Gasteiger partial charge in [0, 0.05) is 19.6 Å². The molecule has 0 saturated carbocycles. The number of likely N-dealkylation sites (N-methyl/N-ethyl adjacent to an activating group) is 1. The molecule has 1 unspecified atom stereocenters. The lowest BCUT2D eigenvalue weighted by molar-refractivity contribution is -0.122. The Hall–Kier alpha value is -1.74. The number of aliphatic hydroxyl groups excluding tert-OH is 1. The van der Waals surface area contributed by atoms with Gasteiger partial charge >= 0.3 is 0 Å². The SMILES string of the molecule is CN(CCO)CC1COCCN1C(=O)c1ccc(F)cc1Cl.O=CO. The normalized spacial score (nSPS) is 17.0. The van der Waals surface area contributed by atoms with Gasteiger partial charge in [-0.25, -0.2) is 4.39 Å². The average Bonchev–Trinajstić information content (AvgIpc) is 2.56. The fourth-order valence-corrected chi connectivity index (χ4v) is 2.76. The largest absolute Gasteiger partial charge is 0.483 e. The predicted molar refractivity (Wildman–Crippen MR) is 90.3 cm³/mol. The summed E-state index contributed by atoms with van der Waals surface area (Å²) in [6, 6.07) is 3.65. The summed E-state index contributed by atoms with van der Waals surface area (Å²) in [6.45, 7) is 2.28. The highest BCUT2D eigenvalue weighted by Gasteiger charge is 2.29. The number of hydrogen-bond donors (Lipinski definition) is 2. The summed E-state index contributed by atoms with van der Waals surface area (Å²) in [6.07, 6.45) is 0. The molecule has 1 aromatic carbocycles. The van der Waals surface area contributed by atoms with Gasteiger partial charge in [-0.1, -0.05) is 11.6 Å². The fraction of sp³-hybridized carbons (Fsp3) is 0.500. The molecule has 0 radical (unpaired) electrons. The van der Waals surface area contributed by atoms with E-state index in [9.17, 15) is 9.18 Å². The number of carbonyl (C=O) groups excluding carboxylic acids is 1. The quantitative estimate of drug-likeness (QED) is 0.743. The van der Waals surface area contributed by atoms with Crippen molar-refractivity contribution >= 4 is 24.0 Å². The standard InChI is InChI=1S/C15H20ClFN2O3.CH2O2/c1-18(4-6-20)9-12-10-22-7-5-19(12)15(21)13-3-2-11(17)8-14(13)16;2-1-3/h2-3,8,12,20H,4-7,9-10H2,1H3;1H,(H,2,3). The number of carboxylic acid groups (broad SMARTS) is 1. The van der Waals surface area contributed by atoms with Gasteiger partial charge in [-0.3, -0.25) is 9.59 Å². The van der Waals surface area contributed by atoms with E-state index in [0.29, 0.717) is 38.4 Å². The van der Waals surface area contributed by atoms with E-state index in [0.717, 1.165) is 6.07 Å². The molecule has 2 rings (SSSR count). The zero-order valence-corrected chi connectivity index (χ0v) is 14.7. The van der Waals surface area contributed by atoms with Gasteiger partial charge in [0.1, 0.15) is 5.82 Å². The van der Waals surface area contributed by atoms with E-state index >= 15 is 0 Å². The highest BCUT2D eigenvalue weighted by molar-refractivity contribution is 6.33. The number of halogens is 2. The molecular formula is C16H22ClFN2O5. The van der Waals surface area contributed by atoms with Crippen molar-refractivity contribution in [2.24, 2.45) is 0 Å². The second-order valence-electron chi connectivity index (χ2n) is 5.44. The number of aliphatic hydroxyl groups is 1. The second-order valence-corrected chi connectivity index (χ2v) is 5.85. The van der Waals surface area contributed by atoms with Crippen LogP contribution in [-0.4, -0.2) is 84.9 Å². The van der Waals surface area contributed by atoms with E-state index in [1.54, 1.807) is 4.90 Å². The summed E-state index contributed by atoms with van der Waals surface area (Å²) in [5.41, 5.74) is 0.291. The van der Waals surface area contributed by atoms with Gasteiger partial charge in [0.2, 0.25) is 0 Å². The minimum Gasteiger partial charge on any atom is -0.483 e. The van der Waals surface area contributed by atoms with Crippen molar-refractivity contribution < 1.29 is 28.9 Å². The molecule has 2 N–H and O–H groups in total. The van der Waals surface area contributed by atoms with Crippen LogP contribution in [0.3, 0.4) is 0 Å². The summed E-state index contributed by atoms with van der Waals surface area (Å²) in [5, 5.41) is 16.0. The molecular weight excluding hydrogens is 355 g/mol. The Morgan fingerprint density at radius 1 is 1.56 bits per heavy atom. The Balaban J connectivity index is 0.000000970. The Labute approximate surface area is 150 Å². The fourth-order valence-electron chi connectivity index (χ4n) is 2.51. The molecule has 0 aliphatic carbocycles. The van der Waals surface area contributed by atoms with Crippen molar-refractivity contribution in [2.75, 3.05) is 46.5 Å². The van der Waals surface area contributed by atoms with Crippen molar-refractivity contribution in [3.63, 3.8) is 0 Å². The first-order valence-electron chi connectivity index (χ1n) is 7.65. The maximum absolute atomic E-state index is 13.1. The molecule has 7 nitrogen and oxygen atoms in total. The first-order valence-corrected chi connectivity index (χ1v) is 8.03. The van der Waals surface area contributed by atoms with E-state index in [4.69, 9.17) is 31.3 Å². The molecule has 1 saturated heterocycles. The van der Waals surface area contributed by atoms with Gasteiger partial charge in [-0.15, -0.1) is 0 Å². The summed E-state index contributed by atoms with van der Waals surface area (Å²) in [5.74, 6) is -0.696. The first kappa shape index (κ1) is 21.3. The van der Waals surface area contributed by atoms with E-state index < -0.39 is 5.82 Å². The third-order valence-corrected chi connectivity index (χ3v) is 3.97. The molecule has 1 aliphatic rings. The topological polar surface area (TPSA) is 90.3 Å². The molecule has 1 fully saturated rings. The smallest absolute Gasteiger partial charge is 0.290 e. The van der Waals surface area contributed by atoms with E-state index in [-0.39, 0.29) is 30.1 Å². The van der Waals surface area contributed by atoms with Gasteiger partial charge in [0.05, 0.1) is 36.4 Å². The third-order valence-electron chi connectivity index (χ3n) is 3.65. The van der Waals surface area contributed by atoms with Crippen LogP contribution in [0.2, 0.25) is 5.02 Å². The lowest BCUT2D eigenvalue weighted by Gasteiger charge is -2.37. The highest BCUT2D eigenvalue weighted by atomic mass is 35.5. The lowest BCUT2D eigenvalue weighted by Crippen LogP contribution is -2.53. The van der Waals surface area contributed by atoms with Crippen LogP contribution in [0.5, 0.6) is 0 Å². The van der Waals surface area contributed by atoms with Crippen molar-refractivity contribution in [3.05, 3.63) is 34.6 Å². The van der Waals surface area contributed by atoms with Crippen molar-refractivity contribution in [1.82, 2.24) is 9.80 Å². The van der Waals surface area contributed by atoms with Crippen LogP contribution in [0.1, 0.15) is 10.4 Å².